The summed E-state index contributed by atoms with van der Waals surface area (Å²) in [5.74, 6) is -0.109. The van der Waals surface area contributed by atoms with Gasteiger partial charge in [0.05, 0.1) is 6.33 Å². The topological polar surface area (TPSA) is 67.2 Å². The molecule has 7 heteroatoms. The van der Waals surface area contributed by atoms with E-state index in [0.29, 0.717) is 0 Å². The van der Waals surface area contributed by atoms with Crippen molar-refractivity contribution in [1.29, 1.82) is 0 Å². The lowest BCUT2D eigenvalue weighted by molar-refractivity contribution is 0.434. The highest BCUT2D eigenvalue weighted by Crippen LogP contribution is 2.20. The Kier molecular flexibility index (Phi) is 2.48. The van der Waals surface area contributed by atoms with Crippen LogP contribution >= 0.6 is 11.6 Å². The second-order valence-corrected chi connectivity index (χ2v) is 2.67. The SMILES string of the molecule is Cn1cnc(OS(=O)[O-])c1Cl. The molecule has 0 spiro atoms. The molecule has 1 unspecified atom stereocenters. The zero-order valence-electron chi connectivity index (χ0n) is 5.48. The molecule has 0 amide bonds. The van der Waals surface area contributed by atoms with Gasteiger partial charge in [-0.05, 0) is 0 Å². The van der Waals surface area contributed by atoms with Gasteiger partial charge in [-0.15, -0.1) is 0 Å². The van der Waals surface area contributed by atoms with Crippen LogP contribution in [0.4, 0.5) is 0 Å². The molecule has 11 heavy (non-hydrogen) atoms. The minimum atomic E-state index is -2.62. The molecular formula is C4H4ClN2O3S-. The molecule has 0 fully saturated rings. The van der Waals surface area contributed by atoms with E-state index in [1.807, 2.05) is 0 Å². The molecule has 0 N–H and O–H groups in total. The molecular weight excluding hydrogens is 192 g/mol. The third kappa shape index (κ3) is 1.92. The van der Waals surface area contributed by atoms with Gasteiger partial charge < -0.3 is 13.3 Å². The molecule has 5 nitrogen and oxygen atoms in total. The van der Waals surface area contributed by atoms with Crippen LogP contribution in [0.5, 0.6) is 5.88 Å². The molecule has 0 aliphatic rings. The summed E-state index contributed by atoms with van der Waals surface area (Å²) in [5.41, 5.74) is 0. The summed E-state index contributed by atoms with van der Waals surface area (Å²) in [6.45, 7) is 0. The van der Waals surface area contributed by atoms with Gasteiger partial charge in [-0.3, -0.25) is 0 Å². The molecule has 1 atom stereocenters. The van der Waals surface area contributed by atoms with Crippen molar-refractivity contribution in [2.24, 2.45) is 7.05 Å². The minimum absolute atomic E-state index is 0.109. The third-order valence-corrected chi connectivity index (χ3v) is 1.70. The molecule has 1 aromatic heterocycles. The molecule has 0 aliphatic heterocycles. The van der Waals surface area contributed by atoms with E-state index in [1.54, 1.807) is 7.05 Å². The fourth-order valence-electron chi connectivity index (χ4n) is 0.514. The molecule has 1 rings (SSSR count). The first-order valence-corrected chi connectivity index (χ1v) is 3.93. The second kappa shape index (κ2) is 3.21. The van der Waals surface area contributed by atoms with Crippen LogP contribution in [-0.2, 0) is 18.4 Å². The van der Waals surface area contributed by atoms with Gasteiger partial charge in [0.25, 0.3) is 5.88 Å². The quantitative estimate of drug-likeness (QED) is 0.635. The van der Waals surface area contributed by atoms with Crippen molar-refractivity contribution >= 4 is 23.0 Å². The van der Waals surface area contributed by atoms with E-state index in [0.717, 1.165) is 0 Å². The van der Waals surface area contributed by atoms with Crippen LogP contribution in [0.2, 0.25) is 5.15 Å². The molecule has 1 heterocycles. The molecule has 0 bridgehead atoms. The molecule has 62 valence electrons. The Labute approximate surface area is 70.4 Å². The maximum atomic E-state index is 10.0. The van der Waals surface area contributed by atoms with Gasteiger partial charge >= 0.3 is 0 Å². The number of nitrogens with zero attached hydrogens (tertiary/aromatic N) is 2. The first-order chi connectivity index (χ1) is 5.11. The maximum Gasteiger partial charge on any atom is 0.266 e. The van der Waals surface area contributed by atoms with Gasteiger partial charge in [0.1, 0.15) is 11.4 Å². The largest absolute Gasteiger partial charge is 0.740 e. The lowest BCUT2D eigenvalue weighted by Gasteiger charge is -2.03. The first kappa shape index (κ1) is 8.51. The molecule has 0 aliphatic carbocycles. The summed E-state index contributed by atoms with van der Waals surface area (Å²) in [7, 11) is 1.62. The van der Waals surface area contributed by atoms with E-state index in [9.17, 15) is 8.76 Å². The Bertz CT molecular complexity index is 287. The number of rotatable bonds is 2. The Hall–Kier alpha value is -0.590. The number of halogens is 1. The highest BCUT2D eigenvalue weighted by atomic mass is 35.5. The van der Waals surface area contributed by atoms with Crippen LogP contribution in [0.3, 0.4) is 0 Å². The Morgan fingerprint density at radius 2 is 2.55 bits per heavy atom. The van der Waals surface area contributed by atoms with Gasteiger partial charge in [0.2, 0.25) is 0 Å². The molecule has 1 aromatic rings. The normalized spacial score (nSPS) is 13.0. The van der Waals surface area contributed by atoms with Gasteiger partial charge in [0, 0.05) is 7.05 Å². The summed E-state index contributed by atoms with van der Waals surface area (Å²) >= 11 is 2.93. The van der Waals surface area contributed by atoms with Gasteiger partial charge in [-0.2, -0.15) is 0 Å². The number of aromatic nitrogens is 2. The predicted octanol–water partition coefficient (Wildman–Crippen LogP) is 0.246. The summed E-state index contributed by atoms with van der Waals surface area (Å²) in [6.07, 6.45) is 1.35. The smallest absolute Gasteiger partial charge is 0.266 e. The van der Waals surface area contributed by atoms with E-state index in [1.165, 1.54) is 10.9 Å². The molecule has 0 aromatic carbocycles. The fraction of sp³-hybridized carbons (Fsp3) is 0.250. The first-order valence-electron chi connectivity index (χ1n) is 2.55. The number of imidazole rings is 1. The van der Waals surface area contributed by atoms with E-state index >= 15 is 0 Å². The van der Waals surface area contributed by atoms with E-state index < -0.39 is 11.4 Å². The summed E-state index contributed by atoms with van der Waals surface area (Å²) in [4.78, 5) is 3.57. The highest BCUT2D eigenvalue weighted by Gasteiger charge is 2.06. The van der Waals surface area contributed by atoms with Crippen molar-refractivity contribution < 1.29 is 12.9 Å². The second-order valence-electron chi connectivity index (χ2n) is 1.74. The molecule has 0 saturated heterocycles. The standard InChI is InChI=1S/C4H5ClN2O3S/c1-7-2-6-4(3(7)5)10-11(8)9/h2H,1H3,(H,8,9)/p-1. The molecule has 0 saturated carbocycles. The van der Waals surface area contributed by atoms with Gasteiger partial charge in [-0.25, -0.2) is 9.19 Å². The lowest BCUT2D eigenvalue weighted by atomic mass is 10.8. The predicted molar refractivity (Wildman–Crippen MR) is 37.8 cm³/mol. The van der Waals surface area contributed by atoms with Crippen LogP contribution in [0.1, 0.15) is 0 Å². The number of hydrogen-bond donors (Lipinski definition) is 0. The Balaban J connectivity index is 2.87. The Morgan fingerprint density at radius 1 is 1.91 bits per heavy atom. The van der Waals surface area contributed by atoms with Crippen molar-refractivity contribution in [3.63, 3.8) is 0 Å². The number of aryl methyl sites for hydroxylation is 1. The van der Waals surface area contributed by atoms with Crippen LogP contribution in [0, 0.1) is 0 Å². The van der Waals surface area contributed by atoms with Gasteiger partial charge in [-0.1, -0.05) is 11.6 Å². The van der Waals surface area contributed by atoms with Crippen molar-refractivity contribution in [3.8, 4) is 5.88 Å². The number of hydrogen-bond acceptors (Lipinski definition) is 4. The third-order valence-electron chi connectivity index (χ3n) is 0.981. The average Bonchev–Trinajstić information content (AvgIpc) is 2.18. The zero-order valence-corrected chi connectivity index (χ0v) is 7.06. The van der Waals surface area contributed by atoms with E-state index in [-0.39, 0.29) is 11.0 Å². The Morgan fingerprint density at radius 3 is 2.91 bits per heavy atom. The van der Waals surface area contributed by atoms with E-state index in [2.05, 4.69) is 9.17 Å². The maximum absolute atomic E-state index is 10.0. The summed E-state index contributed by atoms with van der Waals surface area (Å²) in [6, 6.07) is 0. The van der Waals surface area contributed by atoms with Crippen LogP contribution in [0.15, 0.2) is 6.33 Å². The lowest BCUT2D eigenvalue weighted by Crippen LogP contribution is -1.98. The van der Waals surface area contributed by atoms with Crippen molar-refractivity contribution in [2.45, 2.75) is 0 Å². The monoisotopic (exact) mass is 195 g/mol. The summed E-state index contributed by atoms with van der Waals surface area (Å²) < 4.78 is 25.7. The molecule has 0 radical (unpaired) electrons. The van der Waals surface area contributed by atoms with Crippen LogP contribution in [0.25, 0.3) is 0 Å². The fourth-order valence-corrected chi connectivity index (χ4v) is 0.942. The van der Waals surface area contributed by atoms with Crippen molar-refractivity contribution in [3.05, 3.63) is 11.5 Å². The van der Waals surface area contributed by atoms with Gasteiger partial charge in [0.15, 0.2) is 5.15 Å². The average molecular weight is 196 g/mol. The zero-order chi connectivity index (χ0) is 8.43. The van der Waals surface area contributed by atoms with Crippen LogP contribution in [-0.4, -0.2) is 18.3 Å². The minimum Gasteiger partial charge on any atom is -0.740 e. The summed E-state index contributed by atoms with van der Waals surface area (Å²) in [5, 5.41) is 0.147. The highest BCUT2D eigenvalue weighted by molar-refractivity contribution is 7.74. The van der Waals surface area contributed by atoms with E-state index in [4.69, 9.17) is 11.6 Å². The van der Waals surface area contributed by atoms with Crippen molar-refractivity contribution in [2.75, 3.05) is 0 Å². The van der Waals surface area contributed by atoms with Crippen molar-refractivity contribution in [1.82, 2.24) is 9.55 Å². The van der Waals surface area contributed by atoms with Crippen LogP contribution < -0.4 is 4.18 Å².